The van der Waals surface area contributed by atoms with Crippen molar-refractivity contribution in [3.8, 4) is 28.1 Å². The van der Waals surface area contributed by atoms with Crippen molar-refractivity contribution in [3.05, 3.63) is 188 Å². The number of para-hydroxylation sites is 4. The Morgan fingerprint density at radius 3 is 1.52 bits per heavy atom. The van der Waals surface area contributed by atoms with Crippen LogP contribution in [0.4, 0.5) is 17.1 Å². The maximum Gasteiger partial charge on any atom is 0.171 e. The van der Waals surface area contributed by atoms with Gasteiger partial charge in [-0.1, -0.05) is 133 Å². The summed E-state index contributed by atoms with van der Waals surface area (Å²) in [5.74, 6) is 0. The van der Waals surface area contributed by atoms with Gasteiger partial charge in [-0.05, 0) is 54.6 Å². The standard InChI is InChI=1S/C44H31N2OP/c47-48(34-18-6-2-7-19-34,35-20-8-3-9-21-35)36-30-28-33(29-31-36)45-40-25-13-10-22-37(40)43-38-23-11-14-26-41(38)46(32-16-4-1-5-17-32)44(43)39-24-12-15-27-42(39)45/h1-31H. The van der Waals surface area contributed by atoms with Crippen molar-refractivity contribution in [2.75, 3.05) is 4.90 Å². The maximum atomic E-state index is 15.2. The number of aromatic nitrogens is 1. The molecular weight excluding hydrogens is 603 g/mol. The van der Waals surface area contributed by atoms with E-state index in [1.807, 2.05) is 60.7 Å². The van der Waals surface area contributed by atoms with Crippen LogP contribution in [0.2, 0.25) is 0 Å². The highest BCUT2D eigenvalue weighted by molar-refractivity contribution is 7.85. The number of rotatable bonds is 5. The Labute approximate surface area is 280 Å². The van der Waals surface area contributed by atoms with Gasteiger partial charge in [0.1, 0.15) is 0 Å². The molecule has 0 amide bonds. The molecule has 0 saturated carbocycles. The lowest BCUT2D eigenvalue weighted by molar-refractivity contribution is 0.592. The fraction of sp³-hybridized carbons (Fsp3) is 0. The minimum Gasteiger partial charge on any atom is -0.309 e. The lowest BCUT2D eigenvalue weighted by Crippen LogP contribution is -2.25. The van der Waals surface area contributed by atoms with E-state index in [2.05, 4.69) is 137 Å². The predicted molar refractivity (Wildman–Crippen MR) is 202 cm³/mol. The van der Waals surface area contributed by atoms with Gasteiger partial charge in [-0.15, -0.1) is 0 Å². The highest BCUT2D eigenvalue weighted by Crippen LogP contribution is 2.54. The molecule has 0 aliphatic carbocycles. The van der Waals surface area contributed by atoms with Crippen LogP contribution in [0.15, 0.2) is 188 Å². The van der Waals surface area contributed by atoms with Crippen LogP contribution in [0.5, 0.6) is 0 Å². The molecule has 8 aromatic rings. The third kappa shape index (κ3) is 4.32. The highest BCUT2D eigenvalue weighted by atomic mass is 31.2. The highest BCUT2D eigenvalue weighted by Gasteiger charge is 2.33. The fourth-order valence-electron chi connectivity index (χ4n) is 7.30. The molecule has 0 spiro atoms. The van der Waals surface area contributed by atoms with Crippen molar-refractivity contribution in [1.29, 1.82) is 0 Å². The van der Waals surface area contributed by atoms with E-state index in [-0.39, 0.29) is 0 Å². The van der Waals surface area contributed by atoms with Crippen LogP contribution in [0.25, 0.3) is 39.0 Å². The third-order valence-electron chi connectivity index (χ3n) is 9.41. The summed E-state index contributed by atoms with van der Waals surface area (Å²) in [4.78, 5) is 2.36. The summed E-state index contributed by atoms with van der Waals surface area (Å²) in [5.41, 5.74) is 10.2. The van der Waals surface area contributed by atoms with Gasteiger partial charge in [-0.3, -0.25) is 0 Å². The van der Waals surface area contributed by atoms with Crippen molar-refractivity contribution in [2.24, 2.45) is 0 Å². The summed E-state index contributed by atoms with van der Waals surface area (Å²) in [6.45, 7) is 0. The van der Waals surface area contributed by atoms with Crippen LogP contribution in [-0.2, 0) is 4.57 Å². The van der Waals surface area contributed by atoms with E-state index < -0.39 is 7.14 Å². The normalized spacial score (nSPS) is 12.2. The topological polar surface area (TPSA) is 25.2 Å². The average molecular weight is 635 g/mol. The predicted octanol–water partition coefficient (Wildman–Crippen LogP) is 10.4. The van der Waals surface area contributed by atoms with E-state index in [0.29, 0.717) is 0 Å². The number of nitrogens with zero attached hydrogens (tertiary/aromatic N) is 2. The number of hydrogen-bond donors (Lipinski definition) is 0. The second-order valence-corrected chi connectivity index (χ2v) is 14.8. The van der Waals surface area contributed by atoms with E-state index in [1.165, 1.54) is 22.2 Å². The van der Waals surface area contributed by atoms with Crippen LogP contribution in [0.1, 0.15) is 0 Å². The molecule has 1 aromatic heterocycles. The van der Waals surface area contributed by atoms with E-state index in [0.717, 1.165) is 49.8 Å². The zero-order chi connectivity index (χ0) is 32.1. The average Bonchev–Trinajstić information content (AvgIpc) is 3.45. The summed E-state index contributed by atoms with van der Waals surface area (Å²) >= 11 is 0. The molecule has 0 N–H and O–H groups in total. The summed E-state index contributed by atoms with van der Waals surface area (Å²) in [6.07, 6.45) is 0. The first-order valence-corrected chi connectivity index (χ1v) is 17.9. The van der Waals surface area contributed by atoms with Gasteiger partial charge in [0.25, 0.3) is 0 Å². The zero-order valence-corrected chi connectivity index (χ0v) is 27.0. The zero-order valence-electron chi connectivity index (χ0n) is 26.1. The summed E-state index contributed by atoms with van der Waals surface area (Å²) in [6, 6.07) is 64.8. The van der Waals surface area contributed by atoms with Crippen LogP contribution in [0, 0.1) is 0 Å². The molecule has 4 heteroatoms. The minimum absolute atomic E-state index is 0.810. The summed E-state index contributed by atoms with van der Waals surface area (Å²) in [7, 11) is -3.10. The first-order chi connectivity index (χ1) is 23.7. The third-order valence-corrected chi connectivity index (χ3v) is 12.5. The first-order valence-electron chi connectivity index (χ1n) is 16.2. The lowest BCUT2D eigenvalue weighted by atomic mass is 9.98. The Morgan fingerprint density at radius 2 is 0.875 bits per heavy atom. The SMILES string of the molecule is O=P(c1ccccc1)(c1ccccc1)c1ccc(N2c3ccccc3-c3c(n(-c4ccccc4)c4ccccc34)-c3ccccc32)cc1. The van der Waals surface area contributed by atoms with Crippen molar-refractivity contribution < 1.29 is 4.57 Å². The molecule has 48 heavy (non-hydrogen) atoms. The maximum absolute atomic E-state index is 15.2. The summed E-state index contributed by atoms with van der Waals surface area (Å²) in [5, 5.41) is 3.68. The van der Waals surface area contributed by atoms with Crippen LogP contribution >= 0.6 is 7.14 Å². The van der Waals surface area contributed by atoms with E-state index in [1.54, 1.807) is 0 Å². The fourth-order valence-corrected chi connectivity index (χ4v) is 9.95. The van der Waals surface area contributed by atoms with Crippen molar-refractivity contribution in [1.82, 2.24) is 4.57 Å². The second kappa shape index (κ2) is 11.4. The Hall–Kier alpha value is -5.89. The molecule has 228 valence electrons. The Balaban J connectivity index is 1.28. The lowest BCUT2D eigenvalue weighted by Gasteiger charge is -2.28. The molecule has 0 unspecified atom stereocenters. The molecule has 1 aliphatic rings. The minimum atomic E-state index is -3.10. The number of hydrogen-bond acceptors (Lipinski definition) is 2. The molecule has 7 aromatic carbocycles. The second-order valence-electron chi connectivity index (χ2n) is 12.1. The van der Waals surface area contributed by atoms with Crippen molar-refractivity contribution >= 4 is 51.0 Å². The van der Waals surface area contributed by atoms with Gasteiger partial charge < -0.3 is 14.0 Å². The van der Waals surface area contributed by atoms with Gasteiger partial charge in [0.15, 0.2) is 7.14 Å². The van der Waals surface area contributed by atoms with Gasteiger partial charge in [-0.2, -0.15) is 0 Å². The van der Waals surface area contributed by atoms with E-state index in [9.17, 15) is 0 Å². The molecular formula is C44H31N2OP. The molecule has 9 rings (SSSR count). The van der Waals surface area contributed by atoms with Gasteiger partial charge >= 0.3 is 0 Å². The van der Waals surface area contributed by atoms with Gasteiger partial charge in [0.05, 0.1) is 22.6 Å². The largest absolute Gasteiger partial charge is 0.309 e. The Bertz CT molecular complexity index is 2430. The molecule has 0 atom stereocenters. The van der Waals surface area contributed by atoms with Crippen LogP contribution < -0.4 is 20.8 Å². The van der Waals surface area contributed by atoms with E-state index in [4.69, 9.17) is 0 Å². The van der Waals surface area contributed by atoms with Crippen LogP contribution in [0.3, 0.4) is 0 Å². The number of benzene rings is 7. The first kappa shape index (κ1) is 28.3. The summed E-state index contributed by atoms with van der Waals surface area (Å²) < 4.78 is 17.6. The molecule has 0 fully saturated rings. The molecule has 2 heterocycles. The van der Waals surface area contributed by atoms with Gasteiger partial charge in [-0.25, -0.2) is 0 Å². The van der Waals surface area contributed by atoms with Gasteiger partial charge in [0.2, 0.25) is 0 Å². The van der Waals surface area contributed by atoms with Gasteiger partial charge in [0, 0.05) is 49.4 Å². The number of fused-ring (bicyclic) bond motifs is 7. The molecule has 3 nitrogen and oxygen atoms in total. The quantitative estimate of drug-likeness (QED) is 0.176. The number of anilines is 3. The van der Waals surface area contributed by atoms with Crippen molar-refractivity contribution in [2.45, 2.75) is 0 Å². The molecule has 1 aliphatic heterocycles. The van der Waals surface area contributed by atoms with E-state index >= 15 is 4.57 Å². The molecule has 0 saturated heterocycles. The van der Waals surface area contributed by atoms with Crippen LogP contribution in [-0.4, -0.2) is 4.57 Å². The van der Waals surface area contributed by atoms with Crippen molar-refractivity contribution in [3.63, 3.8) is 0 Å². The monoisotopic (exact) mass is 634 g/mol. The molecule has 0 bridgehead atoms. The smallest absolute Gasteiger partial charge is 0.171 e. The molecule has 0 radical (unpaired) electrons. The Morgan fingerprint density at radius 1 is 0.396 bits per heavy atom. The Kier molecular flexibility index (Phi) is 6.74.